The average molecular weight is 531 g/mol. The summed E-state index contributed by atoms with van der Waals surface area (Å²) < 4.78 is 35.6. The molecule has 0 fully saturated rings. The van der Waals surface area contributed by atoms with Gasteiger partial charge in [0.2, 0.25) is 0 Å². The largest absolute Gasteiger partial charge is 0.397 e. The highest BCUT2D eigenvalue weighted by atomic mass is 32.3. The predicted octanol–water partition coefficient (Wildman–Crippen LogP) is 10.8. The van der Waals surface area contributed by atoms with E-state index in [2.05, 4.69) is 30.2 Å². The molecular formula is C31H62O4S. The van der Waals surface area contributed by atoms with Crippen LogP contribution in [0.5, 0.6) is 0 Å². The molecule has 216 valence electrons. The molecule has 0 aliphatic heterocycles. The molecule has 0 amide bonds. The fourth-order valence-electron chi connectivity index (χ4n) is 4.87. The highest BCUT2D eigenvalue weighted by Crippen LogP contribution is 2.17. The number of rotatable bonds is 29. The fourth-order valence-corrected chi connectivity index (χ4v) is 5.22. The Morgan fingerprint density at radius 3 is 1.33 bits per heavy atom. The zero-order chi connectivity index (χ0) is 26.6. The van der Waals surface area contributed by atoms with E-state index in [1.165, 1.54) is 141 Å². The van der Waals surface area contributed by atoms with E-state index in [0.717, 1.165) is 19.3 Å². The molecular weight excluding hydrogens is 468 g/mol. The zero-order valence-corrected chi connectivity index (χ0v) is 25.0. The van der Waals surface area contributed by atoms with Crippen molar-refractivity contribution in [3.63, 3.8) is 0 Å². The van der Waals surface area contributed by atoms with Crippen molar-refractivity contribution in [2.45, 2.75) is 174 Å². The van der Waals surface area contributed by atoms with E-state index in [0.29, 0.717) is 0 Å². The smallest absolute Gasteiger partial charge is 0.264 e. The Hall–Kier alpha value is -0.390. The highest BCUT2D eigenvalue weighted by molar-refractivity contribution is 7.80. The summed E-state index contributed by atoms with van der Waals surface area (Å²) in [6.07, 6.45) is 36.9. The third-order valence-corrected chi connectivity index (χ3v) is 7.68. The monoisotopic (exact) mass is 530 g/mol. The Kier molecular flexibility index (Phi) is 27.3. The average Bonchev–Trinajstić information content (AvgIpc) is 2.84. The summed E-state index contributed by atoms with van der Waals surface area (Å²) in [7, 11) is -4.37. The summed E-state index contributed by atoms with van der Waals surface area (Å²) in [5, 5.41) is 0. The lowest BCUT2D eigenvalue weighted by molar-refractivity contribution is 0.234. The van der Waals surface area contributed by atoms with Crippen LogP contribution in [0.4, 0.5) is 0 Å². The molecule has 0 spiro atoms. The molecule has 0 saturated heterocycles. The number of unbranched alkanes of at least 4 members (excludes halogenated alkanes) is 22. The highest BCUT2D eigenvalue weighted by Gasteiger charge is 2.11. The van der Waals surface area contributed by atoms with Crippen molar-refractivity contribution in [2.75, 3.05) is 6.61 Å². The van der Waals surface area contributed by atoms with Gasteiger partial charge in [0, 0.05) is 5.92 Å². The van der Waals surface area contributed by atoms with E-state index in [-0.39, 0.29) is 12.5 Å². The minimum absolute atomic E-state index is 0.0470. The molecule has 0 saturated carbocycles. The number of hydrogen-bond acceptors (Lipinski definition) is 3. The molecule has 0 aromatic rings. The predicted molar refractivity (Wildman–Crippen MR) is 157 cm³/mol. The van der Waals surface area contributed by atoms with Gasteiger partial charge < -0.3 is 0 Å². The van der Waals surface area contributed by atoms with Crippen molar-refractivity contribution >= 4 is 10.4 Å². The maximum Gasteiger partial charge on any atom is 0.397 e. The topological polar surface area (TPSA) is 63.6 Å². The van der Waals surface area contributed by atoms with Gasteiger partial charge >= 0.3 is 10.4 Å². The van der Waals surface area contributed by atoms with E-state index in [9.17, 15) is 8.42 Å². The Morgan fingerprint density at radius 1 is 0.583 bits per heavy atom. The Morgan fingerprint density at radius 2 is 0.944 bits per heavy atom. The molecule has 1 unspecified atom stereocenters. The third kappa shape index (κ3) is 29.8. The lowest BCUT2D eigenvalue weighted by Gasteiger charge is -2.12. The molecule has 0 radical (unpaired) electrons. The normalized spacial score (nSPS) is 13.1. The van der Waals surface area contributed by atoms with Crippen molar-refractivity contribution in [1.82, 2.24) is 0 Å². The van der Waals surface area contributed by atoms with Crippen molar-refractivity contribution < 1.29 is 17.2 Å². The second kappa shape index (κ2) is 27.6. The molecule has 4 nitrogen and oxygen atoms in total. The first-order valence-electron chi connectivity index (χ1n) is 15.8. The molecule has 0 rings (SSSR count). The van der Waals surface area contributed by atoms with Gasteiger partial charge in [0.1, 0.15) is 0 Å². The third-order valence-electron chi connectivity index (χ3n) is 7.24. The van der Waals surface area contributed by atoms with Crippen LogP contribution in [-0.4, -0.2) is 19.6 Å². The van der Waals surface area contributed by atoms with Crippen LogP contribution in [0.1, 0.15) is 174 Å². The summed E-state index contributed by atoms with van der Waals surface area (Å²) in [6.45, 7) is 4.57. The fraction of sp³-hybridized carbons (Fsp3) is 0.935. The molecule has 0 aliphatic rings. The van der Waals surface area contributed by atoms with Crippen LogP contribution in [-0.2, 0) is 14.6 Å². The summed E-state index contributed by atoms with van der Waals surface area (Å²) in [5.74, 6) is 0.0583. The Balaban J connectivity index is 3.78. The van der Waals surface area contributed by atoms with Gasteiger partial charge in [-0.05, 0) is 19.3 Å². The van der Waals surface area contributed by atoms with Gasteiger partial charge in [-0.2, -0.15) is 8.42 Å². The first-order chi connectivity index (χ1) is 17.5. The van der Waals surface area contributed by atoms with Crippen LogP contribution < -0.4 is 0 Å². The molecule has 0 aliphatic carbocycles. The maximum absolute atomic E-state index is 11.0. The van der Waals surface area contributed by atoms with E-state index >= 15 is 0 Å². The molecule has 0 heterocycles. The van der Waals surface area contributed by atoms with Gasteiger partial charge in [-0.1, -0.05) is 167 Å². The van der Waals surface area contributed by atoms with Crippen LogP contribution in [0.25, 0.3) is 0 Å². The van der Waals surface area contributed by atoms with Crippen LogP contribution in [0.2, 0.25) is 0 Å². The molecule has 36 heavy (non-hydrogen) atoms. The van der Waals surface area contributed by atoms with E-state index < -0.39 is 10.4 Å². The standard InChI is InChI=1S/C31H62O4S/c1-3-5-7-9-11-13-15-16-17-18-19-21-23-25-27-29-31(30-35-36(32,33)34)28-26-24-22-20-14-12-10-8-6-4-2/h26,28,31H,3-25,27,29-30H2,1-2H3,(H,32,33,34)/b28-26+. The quantitative estimate of drug-likeness (QED) is 0.0593. The molecule has 1 N–H and O–H groups in total. The Labute approximate surface area is 226 Å². The lowest BCUT2D eigenvalue weighted by atomic mass is 9.99. The zero-order valence-electron chi connectivity index (χ0n) is 24.2. The van der Waals surface area contributed by atoms with Crippen LogP contribution in [0, 0.1) is 5.92 Å². The van der Waals surface area contributed by atoms with Gasteiger partial charge in [0.25, 0.3) is 0 Å². The van der Waals surface area contributed by atoms with Gasteiger partial charge in [-0.25, -0.2) is 4.18 Å². The van der Waals surface area contributed by atoms with Gasteiger partial charge in [-0.3, -0.25) is 4.55 Å². The first-order valence-corrected chi connectivity index (χ1v) is 17.1. The lowest BCUT2D eigenvalue weighted by Crippen LogP contribution is -2.12. The summed E-state index contributed by atoms with van der Waals surface area (Å²) in [5.41, 5.74) is 0. The minimum Gasteiger partial charge on any atom is -0.264 e. The van der Waals surface area contributed by atoms with Crippen LogP contribution in [0.15, 0.2) is 12.2 Å². The summed E-state index contributed by atoms with van der Waals surface area (Å²) >= 11 is 0. The van der Waals surface area contributed by atoms with Crippen LogP contribution >= 0.6 is 0 Å². The van der Waals surface area contributed by atoms with E-state index in [4.69, 9.17) is 4.55 Å². The maximum atomic E-state index is 11.0. The van der Waals surface area contributed by atoms with E-state index in [1.54, 1.807) is 0 Å². The second-order valence-electron chi connectivity index (χ2n) is 10.9. The van der Waals surface area contributed by atoms with Crippen molar-refractivity contribution in [3.8, 4) is 0 Å². The van der Waals surface area contributed by atoms with Crippen molar-refractivity contribution in [2.24, 2.45) is 5.92 Å². The molecule has 0 aromatic carbocycles. The summed E-state index contributed by atoms with van der Waals surface area (Å²) in [6, 6.07) is 0. The molecule has 5 heteroatoms. The molecule has 1 atom stereocenters. The number of allylic oxidation sites excluding steroid dienone is 1. The van der Waals surface area contributed by atoms with Crippen LogP contribution in [0.3, 0.4) is 0 Å². The van der Waals surface area contributed by atoms with Gasteiger partial charge in [-0.15, -0.1) is 0 Å². The minimum atomic E-state index is -4.37. The number of hydrogen-bond donors (Lipinski definition) is 1. The van der Waals surface area contributed by atoms with Gasteiger partial charge in [0.15, 0.2) is 0 Å². The SMILES string of the molecule is CCCCCCCCCC/C=C/C(CCCCCCCCCCCCCCCCC)COS(=O)(=O)O. The van der Waals surface area contributed by atoms with Gasteiger partial charge in [0.05, 0.1) is 6.61 Å². The molecule has 0 bridgehead atoms. The summed E-state index contributed by atoms with van der Waals surface area (Å²) in [4.78, 5) is 0. The second-order valence-corrected chi connectivity index (χ2v) is 12.0. The van der Waals surface area contributed by atoms with Crippen molar-refractivity contribution in [3.05, 3.63) is 12.2 Å². The van der Waals surface area contributed by atoms with E-state index in [1.807, 2.05) is 0 Å². The van der Waals surface area contributed by atoms with Crippen molar-refractivity contribution in [1.29, 1.82) is 0 Å². The Bertz CT molecular complexity index is 559. The first kappa shape index (κ1) is 35.6. The molecule has 0 aromatic heterocycles.